The molecule has 0 saturated carbocycles. The van der Waals surface area contributed by atoms with Crippen molar-refractivity contribution in [3.63, 3.8) is 0 Å². The zero-order valence-corrected chi connectivity index (χ0v) is 12.3. The third-order valence-corrected chi connectivity index (χ3v) is 3.31. The Bertz CT molecular complexity index is 206. The molecule has 4 heteroatoms. The number of carboxylic acids is 1. The largest absolute Gasteiger partial charge is 0.481 e. The highest BCUT2D eigenvalue weighted by molar-refractivity contribution is 5.66. The lowest BCUT2D eigenvalue weighted by molar-refractivity contribution is -0.137. The van der Waals surface area contributed by atoms with E-state index in [0.29, 0.717) is 6.54 Å². The van der Waals surface area contributed by atoms with E-state index in [0.717, 1.165) is 45.6 Å². The predicted molar refractivity (Wildman–Crippen MR) is 76.0 cm³/mol. The third-order valence-electron chi connectivity index (χ3n) is 3.31. The number of hydrogen-bond donors (Lipinski definition) is 1. The lowest BCUT2D eigenvalue weighted by Crippen LogP contribution is -2.32. The molecule has 0 heterocycles. The maximum Gasteiger partial charge on any atom is 0.304 e. The van der Waals surface area contributed by atoms with Crippen molar-refractivity contribution in [2.24, 2.45) is 0 Å². The maximum absolute atomic E-state index is 10.6. The lowest BCUT2D eigenvalue weighted by Gasteiger charge is -2.24. The average molecular weight is 258 g/mol. The molecule has 0 aliphatic rings. The number of hydrogen-bond acceptors (Lipinski definition) is 3. The minimum Gasteiger partial charge on any atom is -0.481 e. The van der Waals surface area contributed by atoms with Crippen molar-refractivity contribution in [3.8, 4) is 0 Å². The Balaban J connectivity index is 3.87. The number of unbranched alkanes of at least 4 members (excludes halogenated alkanes) is 1. The van der Waals surface area contributed by atoms with E-state index in [1.165, 1.54) is 6.42 Å². The SMILES string of the molecule is CCCCN(CCCN(CC)CC)CCC(=O)O. The molecule has 0 spiro atoms. The van der Waals surface area contributed by atoms with Gasteiger partial charge in [-0.25, -0.2) is 0 Å². The second-order valence-electron chi connectivity index (χ2n) is 4.72. The number of carbonyl (C=O) groups is 1. The van der Waals surface area contributed by atoms with Crippen molar-refractivity contribution < 1.29 is 9.90 Å². The van der Waals surface area contributed by atoms with Crippen molar-refractivity contribution in [2.75, 3.05) is 39.3 Å². The Morgan fingerprint density at radius 2 is 1.44 bits per heavy atom. The van der Waals surface area contributed by atoms with Crippen LogP contribution in [0.4, 0.5) is 0 Å². The molecule has 0 amide bonds. The van der Waals surface area contributed by atoms with E-state index in [4.69, 9.17) is 5.11 Å². The molecule has 18 heavy (non-hydrogen) atoms. The lowest BCUT2D eigenvalue weighted by atomic mass is 10.2. The number of aliphatic carboxylic acids is 1. The van der Waals surface area contributed by atoms with Crippen LogP contribution in [-0.4, -0.2) is 60.1 Å². The molecule has 4 nitrogen and oxygen atoms in total. The molecule has 0 fully saturated rings. The summed E-state index contributed by atoms with van der Waals surface area (Å²) in [5, 5.41) is 8.74. The van der Waals surface area contributed by atoms with Gasteiger partial charge in [-0.2, -0.15) is 0 Å². The predicted octanol–water partition coefficient (Wildman–Crippen LogP) is 2.30. The van der Waals surface area contributed by atoms with Crippen LogP contribution in [0.5, 0.6) is 0 Å². The highest BCUT2D eigenvalue weighted by Gasteiger charge is 2.07. The topological polar surface area (TPSA) is 43.8 Å². The van der Waals surface area contributed by atoms with Gasteiger partial charge >= 0.3 is 5.97 Å². The van der Waals surface area contributed by atoms with E-state index < -0.39 is 5.97 Å². The summed E-state index contributed by atoms with van der Waals surface area (Å²) in [5.41, 5.74) is 0. The summed E-state index contributed by atoms with van der Waals surface area (Å²) >= 11 is 0. The quantitative estimate of drug-likeness (QED) is 0.583. The van der Waals surface area contributed by atoms with Gasteiger partial charge in [0.25, 0.3) is 0 Å². The Labute approximate surface area is 112 Å². The van der Waals surface area contributed by atoms with Gasteiger partial charge in [-0.3, -0.25) is 4.79 Å². The van der Waals surface area contributed by atoms with Crippen LogP contribution in [0.15, 0.2) is 0 Å². The molecule has 0 atom stereocenters. The van der Waals surface area contributed by atoms with Gasteiger partial charge in [0.15, 0.2) is 0 Å². The van der Waals surface area contributed by atoms with Crippen LogP contribution in [0.25, 0.3) is 0 Å². The molecule has 0 aliphatic heterocycles. The summed E-state index contributed by atoms with van der Waals surface area (Å²) in [6.45, 7) is 12.6. The van der Waals surface area contributed by atoms with E-state index in [2.05, 4.69) is 30.6 Å². The molecule has 0 bridgehead atoms. The molecular formula is C14H30N2O2. The normalized spacial score (nSPS) is 11.4. The summed E-state index contributed by atoms with van der Waals surface area (Å²) in [4.78, 5) is 15.3. The monoisotopic (exact) mass is 258 g/mol. The van der Waals surface area contributed by atoms with Gasteiger partial charge in [0, 0.05) is 6.54 Å². The second kappa shape index (κ2) is 11.5. The molecule has 108 valence electrons. The molecular weight excluding hydrogens is 228 g/mol. The molecule has 0 saturated heterocycles. The molecule has 0 rings (SSSR count). The molecule has 0 aromatic heterocycles. The highest BCUT2D eigenvalue weighted by atomic mass is 16.4. The van der Waals surface area contributed by atoms with Gasteiger partial charge in [0.05, 0.1) is 6.42 Å². The Hall–Kier alpha value is -0.610. The number of rotatable bonds is 12. The van der Waals surface area contributed by atoms with Crippen molar-refractivity contribution in [1.82, 2.24) is 9.80 Å². The van der Waals surface area contributed by atoms with Crippen LogP contribution in [-0.2, 0) is 4.79 Å². The van der Waals surface area contributed by atoms with Crippen LogP contribution in [0.2, 0.25) is 0 Å². The van der Waals surface area contributed by atoms with Crippen molar-refractivity contribution in [1.29, 1.82) is 0 Å². The van der Waals surface area contributed by atoms with E-state index in [9.17, 15) is 4.79 Å². The molecule has 0 unspecified atom stereocenters. The summed E-state index contributed by atoms with van der Waals surface area (Å²) in [6, 6.07) is 0. The zero-order chi connectivity index (χ0) is 13.8. The number of nitrogens with zero attached hydrogens (tertiary/aromatic N) is 2. The highest BCUT2D eigenvalue weighted by Crippen LogP contribution is 2.00. The van der Waals surface area contributed by atoms with E-state index in [-0.39, 0.29) is 6.42 Å². The van der Waals surface area contributed by atoms with Gasteiger partial charge in [-0.15, -0.1) is 0 Å². The molecule has 0 aliphatic carbocycles. The Morgan fingerprint density at radius 1 is 0.889 bits per heavy atom. The van der Waals surface area contributed by atoms with Gasteiger partial charge in [-0.1, -0.05) is 27.2 Å². The first-order valence-corrected chi connectivity index (χ1v) is 7.30. The maximum atomic E-state index is 10.6. The first kappa shape index (κ1) is 17.4. The van der Waals surface area contributed by atoms with Gasteiger partial charge in [0.2, 0.25) is 0 Å². The summed E-state index contributed by atoms with van der Waals surface area (Å²) in [5.74, 6) is -0.694. The van der Waals surface area contributed by atoms with Crippen LogP contribution < -0.4 is 0 Å². The minimum atomic E-state index is -0.694. The third kappa shape index (κ3) is 9.42. The Kier molecular flexibility index (Phi) is 11.1. The second-order valence-corrected chi connectivity index (χ2v) is 4.72. The van der Waals surface area contributed by atoms with E-state index in [1.807, 2.05) is 0 Å². The van der Waals surface area contributed by atoms with Crippen molar-refractivity contribution >= 4 is 5.97 Å². The smallest absolute Gasteiger partial charge is 0.304 e. The van der Waals surface area contributed by atoms with Crippen molar-refractivity contribution in [2.45, 2.75) is 46.5 Å². The standard InChI is InChI=1S/C14H30N2O2/c1-4-7-10-16(13-9-14(17)18)12-8-11-15(5-2)6-3/h4-13H2,1-3H3,(H,17,18). The fourth-order valence-electron chi connectivity index (χ4n) is 2.03. The fraction of sp³-hybridized carbons (Fsp3) is 0.929. The molecule has 0 aromatic carbocycles. The first-order chi connectivity index (χ1) is 8.63. The zero-order valence-electron chi connectivity index (χ0n) is 12.3. The van der Waals surface area contributed by atoms with Gasteiger partial charge < -0.3 is 14.9 Å². The van der Waals surface area contributed by atoms with Gasteiger partial charge in [-0.05, 0) is 45.6 Å². The fourth-order valence-corrected chi connectivity index (χ4v) is 2.03. The minimum absolute atomic E-state index is 0.259. The summed E-state index contributed by atoms with van der Waals surface area (Å²) in [6.07, 6.45) is 3.71. The van der Waals surface area contributed by atoms with Gasteiger partial charge in [0.1, 0.15) is 0 Å². The first-order valence-electron chi connectivity index (χ1n) is 7.30. The van der Waals surface area contributed by atoms with E-state index >= 15 is 0 Å². The molecule has 1 N–H and O–H groups in total. The van der Waals surface area contributed by atoms with E-state index in [1.54, 1.807) is 0 Å². The van der Waals surface area contributed by atoms with Crippen LogP contribution >= 0.6 is 0 Å². The summed E-state index contributed by atoms with van der Waals surface area (Å²) in [7, 11) is 0. The Morgan fingerprint density at radius 3 is 1.94 bits per heavy atom. The van der Waals surface area contributed by atoms with Crippen LogP contribution in [0.1, 0.15) is 46.5 Å². The molecule has 0 radical (unpaired) electrons. The molecule has 0 aromatic rings. The average Bonchev–Trinajstić information content (AvgIpc) is 2.36. The number of carboxylic acid groups (broad SMARTS) is 1. The van der Waals surface area contributed by atoms with Crippen LogP contribution in [0, 0.1) is 0 Å². The van der Waals surface area contributed by atoms with Crippen molar-refractivity contribution in [3.05, 3.63) is 0 Å². The summed E-state index contributed by atoms with van der Waals surface area (Å²) < 4.78 is 0. The van der Waals surface area contributed by atoms with Crippen LogP contribution in [0.3, 0.4) is 0 Å².